The highest BCUT2D eigenvalue weighted by Crippen LogP contribution is 2.36. The normalized spacial score (nSPS) is 15.1. The fourth-order valence-electron chi connectivity index (χ4n) is 2.68. The molecule has 0 bridgehead atoms. The first kappa shape index (κ1) is 13.5. The molecule has 1 N–H and O–H groups in total. The van der Waals surface area contributed by atoms with Crippen LogP contribution >= 0.6 is 11.6 Å². The second-order valence-corrected chi connectivity index (χ2v) is 6.45. The lowest BCUT2D eigenvalue weighted by atomic mass is 9.90. The number of fused-ring (bicyclic) bond motifs is 3. The van der Waals surface area contributed by atoms with E-state index in [0.29, 0.717) is 11.8 Å². The molecule has 2 unspecified atom stereocenters. The molecule has 2 atom stereocenters. The Balaban J connectivity index is 2.12. The zero-order chi connectivity index (χ0) is 14.3. The minimum Gasteiger partial charge on any atom is -0.355 e. The van der Waals surface area contributed by atoms with Crippen LogP contribution in [0.3, 0.4) is 0 Å². The van der Waals surface area contributed by atoms with E-state index in [1.807, 2.05) is 0 Å². The number of benzene rings is 2. The molecular formula is C18H20ClN. The average Bonchev–Trinajstić information content (AvgIpc) is 2.83. The van der Waals surface area contributed by atoms with Crippen molar-refractivity contribution in [1.29, 1.82) is 0 Å². The molecule has 0 aliphatic rings. The number of H-pyrrole nitrogens is 1. The van der Waals surface area contributed by atoms with Crippen molar-refractivity contribution >= 4 is 33.4 Å². The zero-order valence-electron chi connectivity index (χ0n) is 12.2. The summed E-state index contributed by atoms with van der Waals surface area (Å²) >= 11 is 6.66. The van der Waals surface area contributed by atoms with Crippen molar-refractivity contribution in [2.75, 3.05) is 0 Å². The van der Waals surface area contributed by atoms with Crippen molar-refractivity contribution in [1.82, 2.24) is 4.98 Å². The molecule has 3 rings (SSSR count). The van der Waals surface area contributed by atoms with E-state index in [1.54, 1.807) is 0 Å². The molecule has 0 amide bonds. The third-order valence-corrected chi connectivity index (χ3v) is 5.01. The molecule has 1 nitrogen and oxygen atoms in total. The second kappa shape index (κ2) is 5.14. The van der Waals surface area contributed by atoms with E-state index in [4.69, 9.17) is 11.6 Å². The number of aromatic nitrogens is 1. The van der Waals surface area contributed by atoms with E-state index >= 15 is 0 Å². The number of nitrogens with one attached hydrogen (secondary N) is 1. The van der Waals surface area contributed by atoms with Crippen molar-refractivity contribution in [2.24, 2.45) is 11.8 Å². The van der Waals surface area contributed by atoms with E-state index in [0.717, 1.165) is 0 Å². The first-order chi connectivity index (χ1) is 9.58. The first-order valence-corrected chi connectivity index (χ1v) is 7.66. The van der Waals surface area contributed by atoms with Gasteiger partial charge in [0.25, 0.3) is 0 Å². The summed E-state index contributed by atoms with van der Waals surface area (Å²) < 4.78 is 0. The molecule has 0 radical (unpaired) electrons. The van der Waals surface area contributed by atoms with Crippen molar-refractivity contribution in [3.05, 3.63) is 48.0 Å². The molecule has 20 heavy (non-hydrogen) atoms. The first-order valence-electron chi connectivity index (χ1n) is 7.22. The van der Waals surface area contributed by atoms with Crippen LogP contribution in [0.4, 0.5) is 0 Å². The Labute approximate surface area is 124 Å². The highest BCUT2D eigenvalue weighted by atomic mass is 35.5. The predicted octanol–water partition coefficient (Wildman–Crippen LogP) is 5.89. The Morgan fingerprint density at radius 1 is 0.900 bits per heavy atom. The summed E-state index contributed by atoms with van der Waals surface area (Å²) in [6.45, 7) is 6.68. The maximum Gasteiger partial charge on any atom is 0.0613 e. The van der Waals surface area contributed by atoms with Gasteiger partial charge in [0.05, 0.1) is 5.38 Å². The van der Waals surface area contributed by atoms with Gasteiger partial charge in [-0.1, -0.05) is 45.0 Å². The largest absolute Gasteiger partial charge is 0.355 e. The maximum atomic E-state index is 6.66. The monoisotopic (exact) mass is 285 g/mol. The summed E-state index contributed by atoms with van der Waals surface area (Å²) in [5.74, 6) is 1.04. The Morgan fingerprint density at radius 3 is 2.35 bits per heavy atom. The molecule has 0 aliphatic heterocycles. The van der Waals surface area contributed by atoms with Crippen LogP contribution in [-0.2, 0) is 0 Å². The van der Waals surface area contributed by atoms with E-state index in [-0.39, 0.29) is 5.38 Å². The summed E-state index contributed by atoms with van der Waals surface area (Å²) in [6.07, 6.45) is 0. The van der Waals surface area contributed by atoms with Gasteiger partial charge < -0.3 is 4.98 Å². The van der Waals surface area contributed by atoms with Gasteiger partial charge in [0.2, 0.25) is 0 Å². The smallest absolute Gasteiger partial charge is 0.0613 e. The van der Waals surface area contributed by atoms with Crippen LogP contribution in [-0.4, -0.2) is 4.98 Å². The van der Waals surface area contributed by atoms with Crippen LogP contribution < -0.4 is 0 Å². The molecule has 104 valence electrons. The van der Waals surface area contributed by atoms with Crippen LogP contribution in [0.1, 0.15) is 31.7 Å². The average molecular weight is 286 g/mol. The number of hydrogen-bond donors (Lipinski definition) is 1. The zero-order valence-corrected chi connectivity index (χ0v) is 12.9. The van der Waals surface area contributed by atoms with Crippen molar-refractivity contribution in [3.8, 4) is 0 Å². The third-order valence-electron chi connectivity index (χ3n) is 4.36. The molecule has 1 heterocycles. The van der Waals surface area contributed by atoms with Gasteiger partial charge >= 0.3 is 0 Å². The Bertz CT molecular complexity index is 741. The standard InChI is InChI=1S/C18H20ClN/c1-11(2)12(3)18(19)13-8-9-17-15(10-13)14-6-4-5-7-16(14)20-17/h4-12,18,20H,1-3H3. The molecule has 0 fully saturated rings. The maximum absolute atomic E-state index is 6.66. The molecule has 0 saturated heterocycles. The number of aromatic amines is 1. The van der Waals surface area contributed by atoms with Crippen molar-refractivity contribution in [2.45, 2.75) is 26.1 Å². The number of hydrogen-bond acceptors (Lipinski definition) is 0. The van der Waals surface area contributed by atoms with E-state index < -0.39 is 0 Å². The van der Waals surface area contributed by atoms with E-state index in [1.165, 1.54) is 27.4 Å². The van der Waals surface area contributed by atoms with Gasteiger partial charge in [-0.15, -0.1) is 11.6 Å². The molecule has 0 spiro atoms. The Morgan fingerprint density at radius 2 is 1.60 bits per heavy atom. The van der Waals surface area contributed by atoms with Gasteiger partial charge in [-0.2, -0.15) is 0 Å². The minimum atomic E-state index is 0.0630. The SMILES string of the molecule is CC(C)C(C)C(Cl)c1ccc2[nH]c3ccccc3c2c1. The summed E-state index contributed by atoms with van der Waals surface area (Å²) in [6, 6.07) is 14.9. The predicted molar refractivity (Wildman–Crippen MR) is 88.4 cm³/mol. The fourth-order valence-corrected chi connectivity index (χ4v) is 3.11. The summed E-state index contributed by atoms with van der Waals surface area (Å²) in [5.41, 5.74) is 3.57. The van der Waals surface area contributed by atoms with Crippen LogP contribution in [0.5, 0.6) is 0 Å². The topological polar surface area (TPSA) is 15.8 Å². The summed E-state index contributed by atoms with van der Waals surface area (Å²) in [4.78, 5) is 3.45. The minimum absolute atomic E-state index is 0.0630. The highest BCUT2D eigenvalue weighted by Gasteiger charge is 2.20. The van der Waals surface area contributed by atoms with E-state index in [2.05, 4.69) is 68.2 Å². The van der Waals surface area contributed by atoms with Gasteiger partial charge in [-0.05, 0) is 35.6 Å². The van der Waals surface area contributed by atoms with Crippen molar-refractivity contribution in [3.63, 3.8) is 0 Å². The number of rotatable bonds is 3. The van der Waals surface area contributed by atoms with Gasteiger partial charge in [0, 0.05) is 21.8 Å². The Kier molecular flexibility index (Phi) is 3.47. The van der Waals surface area contributed by atoms with Crippen molar-refractivity contribution < 1.29 is 0 Å². The lowest BCUT2D eigenvalue weighted by Gasteiger charge is -2.22. The quantitative estimate of drug-likeness (QED) is 0.577. The molecule has 2 aromatic carbocycles. The van der Waals surface area contributed by atoms with Gasteiger partial charge in [0.15, 0.2) is 0 Å². The molecule has 0 saturated carbocycles. The number of halogens is 1. The molecular weight excluding hydrogens is 266 g/mol. The van der Waals surface area contributed by atoms with E-state index in [9.17, 15) is 0 Å². The summed E-state index contributed by atoms with van der Waals surface area (Å²) in [5, 5.41) is 2.60. The molecule has 2 heteroatoms. The lowest BCUT2D eigenvalue weighted by Crippen LogP contribution is -2.10. The number of alkyl halides is 1. The van der Waals surface area contributed by atoms with Crippen LogP contribution in [0.15, 0.2) is 42.5 Å². The molecule has 3 aromatic rings. The summed E-state index contributed by atoms with van der Waals surface area (Å²) in [7, 11) is 0. The van der Waals surface area contributed by atoms with Crippen LogP contribution in [0.2, 0.25) is 0 Å². The van der Waals surface area contributed by atoms with Gasteiger partial charge in [0.1, 0.15) is 0 Å². The Hall–Kier alpha value is -1.47. The van der Waals surface area contributed by atoms with Crippen LogP contribution in [0, 0.1) is 11.8 Å². The lowest BCUT2D eigenvalue weighted by molar-refractivity contribution is 0.406. The van der Waals surface area contributed by atoms with Gasteiger partial charge in [-0.3, -0.25) is 0 Å². The molecule has 0 aliphatic carbocycles. The highest BCUT2D eigenvalue weighted by molar-refractivity contribution is 6.21. The molecule has 1 aromatic heterocycles. The fraction of sp³-hybridized carbons (Fsp3) is 0.333. The third kappa shape index (κ3) is 2.20. The van der Waals surface area contributed by atoms with Crippen LogP contribution in [0.25, 0.3) is 21.8 Å². The second-order valence-electron chi connectivity index (χ2n) is 5.98. The van der Waals surface area contributed by atoms with Gasteiger partial charge in [-0.25, -0.2) is 0 Å². The number of para-hydroxylation sites is 1.